The molecular weight excluding hydrogens is 396 g/mol. The number of nitro groups is 1. The third-order valence-electron chi connectivity index (χ3n) is 5.27. The Morgan fingerprint density at radius 2 is 1.70 bits per heavy atom. The second-order valence-corrected chi connectivity index (χ2v) is 8.59. The summed E-state index contributed by atoms with van der Waals surface area (Å²) >= 11 is 1.53. The summed E-state index contributed by atoms with van der Waals surface area (Å²) < 4.78 is 1.89. The maximum atomic E-state index is 11.0. The van der Waals surface area contributed by atoms with E-state index in [1.807, 2.05) is 22.2 Å². The van der Waals surface area contributed by atoms with Crippen LogP contribution in [-0.2, 0) is 0 Å². The molecule has 0 unspecified atom stereocenters. The molecule has 0 N–H and O–H groups in total. The zero-order chi connectivity index (χ0) is 21.1. The quantitative estimate of drug-likeness (QED) is 0.361. The predicted molar refractivity (Wildman–Crippen MR) is 121 cm³/mol. The minimum atomic E-state index is -0.383. The van der Waals surface area contributed by atoms with E-state index in [2.05, 4.69) is 26.0 Å². The molecule has 1 aliphatic carbocycles. The van der Waals surface area contributed by atoms with Gasteiger partial charge >= 0.3 is 0 Å². The van der Waals surface area contributed by atoms with Crippen LogP contribution in [0.2, 0.25) is 0 Å². The van der Waals surface area contributed by atoms with Gasteiger partial charge in [-0.1, -0.05) is 26.0 Å². The van der Waals surface area contributed by atoms with E-state index in [1.54, 1.807) is 12.1 Å². The molecule has 0 radical (unpaired) electrons. The number of rotatable bonds is 5. The Kier molecular flexibility index (Phi) is 5.90. The van der Waals surface area contributed by atoms with Gasteiger partial charge in [0.1, 0.15) is 0 Å². The van der Waals surface area contributed by atoms with E-state index in [0.29, 0.717) is 5.92 Å². The molecule has 7 heteroatoms. The summed E-state index contributed by atoms with van der Waals surface area (Å²) in [5.41, 5.74) is 5.20. The Bertz CT molecular complexity index is 1130. The van der Waals surface area contributed by atoms with E-state index >= 15 is 0 Å². The van der Waals surface area contributed by atoms with Crippen molar-refractivity contribution in [1.82, 2.24) is 4.68 Å². The van der Waals surface area contributed by atoms with Crippen LogP contribution >= 0.6 is 11.3 Å². The Labute approximate surface area is 179 Å². The lowest BCUT2D eigenvalue weighted by atomic mass is 10.0. The van der Waals surface area contributed by atoms with Gasteiger partial charge in [0.2, 0.25) is 4.80 Å². The molecule has 154 valence electrons. The number of non-ortho nitro benzene ring substituents is 1. The van der Waals surface area contributed by atoms with Crippen LogP contribution in [-0.4, -0.2) is 15.3 Å². The SMILES string of the molecule is CC(C)c1ccc(N=c2scc(-c3ccc([N+](=O)[O-])cc3)n2N=C2CCCC2)cc1. The lowest BCUT2D eigenvalue weighted by Gasteiger charge is -2.06. The summed E-state index contributed by atoms with van der Waals surface area (Å²) in [5, 5.41) is 17.9. The average Bonchev–Trinajstić information content (AvgIpc) is 3.39. The number of benzene rings is 2. The van der Waals surface area contributed by atoms with Crippen molar-refractivity contribution in [3.8, 4) is 11.3 Å². The lowest BCUT2D eigenvalue weighted by Crippen LogP contribution is -2.13. The molecule has 30 heavy (non-hydrogen) atoms. The van der Waals surface area contributed by atoms with Crippen molar-refractivity contribution in [2.45, 2.75) is 45.4 Å². The highest BCUT2D eigenvalue weighted by atomic mass is 32.1. The largest absolute Gasteiger partial charge is 0.269 e. The minimum absolute atomic E-state index is 0.0813. The van der Waals surface area contributed by atoms with Crippen molar-refractivity contribution in [2.75, 3.05) is 0 Å². The van der Waals surface area contributed by atoms with E-state index < -0.39 is 0 Å². The average molecular weight is 421 g/mol. The first-order valence-electron chi connectivity index (χ1n) is 10.2. The highest BCUT2D eigenvalue weighted by molar-refractivity contribution is 7.07. The first-order valence-corrected chi connectivity index (χ1v) is 11.1. The third kappa shape index (κ3) is 4.41. The van der Waals surface area contributed by atoms with Crippen LogP contribution in [0.4, 0.5) is 11.4 Å². The number of nitro benzene ring substituents is 1. The molecule has 1 saturated carbocycles. The highest BCUT2D eigenvalue weighted by Crippen LogP contribution is 2.25. The molecule has 6 nitrogen and oxygen atoms in total. The minimum Gasteiger partial charge on any atom is -0.258 e. The molecule has 0 bridgehead atoms. The van der Waals surface area contributed by atoms with Crippen LogP contribution in [0, 0.1) is 10.1 Å². The molecule has 0 saturated heterocycles. The summed E-state index contributed by atoms with van der Waals surface area (Å²) in [7, 11) is 0. The van der Waals surface area contributed by atoms with Crippen molar-refractivity contribution in [2.24, 2.45) is 10.1 Å². The maximum absolute atomic E-state index is 11.0. The summed E-state index contributed by atoms with van der Waals surface area (Å²) in [6.07, 6.45) is 4.34. The van der Waals surface area contributed by atoms with Gasteiger partial charge < -0.3 is 0 Å². The van der Waals surface area contributed by atoms with Gasteiger partial charge in [-0.15, -0.1) is 11.3 Å². The van der Waals surface area contributed by atoms with E-state index in [-0.39, 0.29) is 10.6 Å². The zero-order valence-corrected chi connectivity index (χ0v) is 17.9. The molecule has 0 spiro atoms. The molecular formula is C23H24N4O2S. The van der Waals surface area contributed by atoms with Gasteiger partial charge in [0.05, 0.1) is 16.3 Å². The third-order valence-corrected chi connectivity index (χ3v) is 6.08. The molecule has 3 aromatic rings. The van der Waals surface area contributed by atoms with Gasteiger partial charge in [0, 0.05) is 28.8 Å². The molecule has 0 aliphatic heterocycles. The van der Waals surface area contributed by atoms with Crippen molar-refractivity contribution in [1.29, 1.82) is 0 Å². The Morgan fingerprint density at radius 3 is 2.30 bits per heavy atom. The van der Waals surface area contributed by atoms with E-state index in [0.717, 1.165) is 34.6 Å². The molecule has 4 rings (SSSR count). The summed E-state index contributed by atoms with van der Waals surface area (Å²) in [5.74, 6) is 0.480. The Morgan fingerprint density at radius 1 is 1.03 bits per heavy atom. The summed E-state index contributed by atoms with van der Waals surface area (Å²) in [4.78, 5) is 16.2. The molecule has 0 atom stereocenters. The van der Waals surface area contributed by atoms with Crippen LogP contribution in [0.5, 0.6) is 0 Å². The van der Waals surface area contributed by atoms with Crippen molar-refractivity contribution < 1.29 is 4.92 Å². The van der Waals surface area contributed by atoms with Crippen molar-refractivity contribution >= 4 is 28.4 Å². The second kappa shape index (κ2) is 8.75. The van der Waals surface area contributed by atoms with Gasteiger partial charge in [-0.25, -0.2) is 9.67 Å². The first-order chi connectivity index (χ1) is 14.5. The predicted octanol–water partition coefficient (Wildman–Crippen LogP) is 6.26. The number of nitrogens with zero attached hydrogens (tertiary/aromatic N) is 4. The Balaban J connectivity index is 1.79. The van der Waals surface area contributed by atoms with E-state index in [9.17, 15) is 10.1 Å². The van der Waals surface area contributed by atoms with Crippen LogP contribution in [0.1, 0.15) is 51.0 Å². The van der Waals surface area contributed by atoms with Crippen LogP contribution in [0.25, 0.3) is 11.3 Å². The second-order valence-electron chi connectivity index (χ2n) is 7.75. The van der Waals surface area contributed by atoms with Gasteiger partial charge in [0.25, 0.3) is 5.69 Å². The molecule has 1 aliphatic rings. The maximum Gasteiger partial charge on any atom is 0.269 e. The Hall–Kier alpha value is -3.06. The molecule has 1 heterocycles. The topological polar surface area (TPSA) is 72.8 Å². The van der Waals surface area contributed by atoms with E-state index in [1.165, 1.54) is 47.6 Å². The van der Waals surface area contributed by atoms with Crippen molar-refractivity contribution in [3.63, 3.8) is 0 Å². The van der Waals surface area contributed by atoms with Gasteiger partial charge in [0.15, 0.2) is 0 Å². The van der Waals surface area contributed by atoms with E-state index in [4.69, 9.17) is 10.1 Å². The standard InChI is InChI=1S/C23H24N4O2S/c1-16(2)17-7-11-19(12-8-17)24-23-26(25-20-5-3-4-6-20)22(15-30-23)18-9-13-21(14-10-18)27(28)29/h7-16H,3-6H2,1-2H3. The molecule has 0 amide bonds. The fourth-order valence-corrected chi connectivity index (χ4v) is 4.34. The number of thiazole rings is 1. The fraction of sp³-hybridized carbons (Fsp3) is 0.304. The number of hydrogen-bond acceptors (Lipinski definition) is 5. The molecule has 2 aromatic carbocycles. The number of hydrogen-bond donors (Lipinski definition) is 0. The lowest BCUT2D eigenvalue weighted by molar-refractivity contribution is -0.384. The molecule has 1 fully saturated rings. The van der Waals surface area contributed by atoms with Crippen molar-refractivity contribution in [3.05, 3.63) is 74.4 Å². The highest BCUT2D eigenvalue weighted by Gasteiger charge is 2.14. The van der Waals surface area contributed by atoms with Gasteiger partial charge in [-0.2, -0.15) is 5.10 Å². The van der Waals surface area contributed by atoms with Crippen LogP contribution in [0.3, 0.4) is 0 Å². The normalized spacial score (nSPS) is 14.5. The summed E-state index contributed by atoms with van der Waals surface area (Å²) in [6, 6.07) is 14.9. The van der Waals surface area contributed by atoms with Crippen LogP contribution in [0.15, 0.2) is 64.0 Å². The number of aromatic nitrogens is 1. The molecule has 1 aromatic heterocycles. The monoisotopic (exact) mass is 420 g/mol. The van der Waals surface area contributed by atoms with Crippen LogP contribution < -0.4 is 4.80 Å². The smallest absolute Gasteiger partial charge is 0.258 e. The van der Waals surface area contributed by atoms with Gasteiger partial charge in [-0.3, -0.25) is 10.1 Å². The zero-order valence-electron chi connectivity index (χ0n) is 17.1. The first kappa shape index (κ1) is 20.2. The summed E-state index contributed by atoms with van der Waals surface area (Å²) in [6.45, 7) is 4.35. The fourth-order valence-electron chi connectivity index (χ4n) is 3.49. The van der Waals surface area contributed by atoms with Gasteiger partial charge in [-0.05, 0) is 61.4 Å².